The molecule has 0 unspecified atom stereocenters. The number of alkyl halides is 3. The second-order valence-electron chi connectivity index (χ2n) is 4.60. The number of halogens is 3. The number of rotatable bonds is 3. The smallest absolute Gasteiger partial charge is 0.471 e. The van der Waals surface area contributed by atoms with Crippen molar-refractivity contribution >= 4 is 21.4 Å². The average molecular weight is 335 g/mol. The Morgan fingerprint density at radius 3 is 2.55 bits per heavy atom. The van der Waals surface area contributed by atoms with Gasteiger partial charge in [-0.15, -0.1) is 0 Å². The molecule has 0 radical (unpaired) electrons. The predicted molar refractivity (Wildman–Crippen MR) is 73.2 cm³/mol. The minimum Gasteiger partial charge on any atom is -0.497 e. The minimum absolute atomic E-state index is 0.0894. The first-order valence-electron chi connectivity index (χ1n) is 6.09. The lowest BCUT2D eigenvalue weighted by Crippen LogP contribution is -2.47. The van der Waals surface area contributed by atoms with Crippen LogP contribution in [-0.2, 0) is 14.6 Å². The first kappa shape index (κ1) is 16.3. The van der Waals surface area contributed by atoms with Crippen molar-refractivity contribution in [2.75, 3.05) is 17.8 Å². The van der Waals surface area contributed by atoms with Crippen LogP contribution in [-0.4, -0.2) is 39.4 Å². The molecular formula is C13H12F3NO4S. The van der Waals surface area contributed by atoms with Gasteiger partial charge in [0.15, 0.2) is 9.84 Å². The predicted octanol–water partition coefficient (Wildman–Crippen LogP) is 1.90. The number of ether oxygens (including phenoxy) is 1. The van der Waals surface area contributed by atoms with Gasteiger partial charge in [0.2, 0.25) is 0 Å². The van der Waals surface area contributed by atoms with Crippen LogP contribution in [0.1, 0.15) is 0 Å². The summed E-state index contributed by atoms with van der Waals surface area (Å²) < 4.78 is 66.3. The van der Waals surface area contributed by atoms with Crippen LogP contribution in [0.5, 0.6) is 5.75 Å². The Balaban J connectivity index is 2.46. The lowest BCUT2D eigenvalue weighted by atomic mass is 10.2. The molecular weight excluding hydrogens is 323 g/mol. The van der Waals surface area contributed by atoms with E-state index in [4.69, 9.17) is 4.74 Å². The second kappa shape index (κ2) is 5.64. The number of hydrogen-bond acceptors (Lipinski definition) is 4. The zero-order valence-electron chi connectivity index (χ0n) is 11.4. The van der Waals surface area contributed by atoms with Crippen molar-refractivity contribution in [2.45, 2.75) is 12.2 Å². The molecule has 0 fully saturated rings. The van der Waals surface area contributed by atoms with Gasteiger partial charge in [0.1, 0.15) is 5.75 Å². The molecule has 0 spiro atoms. The van der Waals surface area contributed by atoms with Crippen LogP contribution in [0.15, 0.2) is 35.7 Å². The Morgan fingerprint density at radius 1 is 1.36 bits per heavy atom. The van der Waals surface area contributed by atoms with Gasteiger partial charge in [0.05, 0.1) is 18.9 Å². The second-order valence-corrected chi connectivity index (χ2v) is 6.53. The minimum atomic E-state index is -5.12. The highest BCUT2D eigenvalue weighted by Crippen LogP contribution is 2.30. The van der Waals surface area contributed by atoms with Crippen LogP contribution in [0.25, 0.3) is 0 Å². The van der Waals surface area contributed by atoms with Crippen LogP contribution in [0.4, 0.5) is 18.9 Å². The van der Waals surface area contributed by atoms with Gasteiger partial charge >= 0.3 is 12.1 Å². The highest BCUT2D eigenvalue weighted by atomic mass is 32.2. The monoisotopic (exact) mass is 335 g/mol. The summed E-state index contributed by atoms with van der Waals surface area (Å²) >= 11 is 0. The summed E-state index contributed by atoms with van der Waals surface area (Å²) in [6, 6.07) is 4.22. The van der Waals surface area contributed by atoms with E-state index in [0.29, 0.717) is 4.90 Å². The van der Waals surface area contributed by atoms with Crippen molar-refractivity contribution in [2.24, 2.45) is 0 Å². The molecule has 0 saturated carbocycles. The first-order valence-corrected chi connectivity index (χ1v) is 7.81. The lowest BCUT2D eigenvalue weighted by Gasteiger charge is -2.28. The molecule has 1 heterocycles. The Labute approximate surface area is 124 Å². The molecule has 0 aromatic heterocycles. The Morgan fingerprint density at radius 2 is 2.05 bits per heavy atom. The third-order valence-corrected chi connectivity index (χ3v) is 4.41. The van der Waals surface area contributed by atoms with E-state index in [-0.39, 0.29) is 11.4 Å². The SMILES string of the molecule is COc1cccc(N(C(=O)C(F)(F)F)[C@H]2C=CS(=O)(=O)C2)c1. The van der Waals surface area contributed by atoms with Crippen LogP contribution < -0.4 is 9.64 Å². The van der Waals surface area contributed by atoms with Gasteiger partial charge in [-0.3, -0.25) is 9.69 Å². The van der Waals surface area contributed by atoms with E-state index in [0.717, 1.165) is 11.5 Å². The molecule has 1 aromatic carbocycles. The molecule has 1 aromatic rings. The molecule has 9 heteroatoms. The fourth-order valence-corrected chi connectivity index (χ4v) is 3.34. The summed E-state index contributed by atoms with van der Waals surface area (Å²) in [4.78, 5) is 12.1. The number of sulfone groups is 1. The van der Waals surface area contributed by atoms with Gasteiger partial charge in [0, 0.05) is 17.2 Å². The van der Waals surface area contributed by atoms with Gasteiger partial charge in [0.25, 0.3) is 0 Å². The van der Waals surface area contributed by atoms with E-state index >= 15 is 0 Å². The Kier molecular flexibility index (Phi) is 4.19. The molecule has 2 rings (SSSR count). The van der Waals surface area contributed by atoms with E-state index in [1.54, 1.807) is 0 Å². The standard InChI is InChI=1S/C13H12F3NO4S/c1-21-11-4-2-3-9(7-11)17(12(18)13(14,15)16)10-5-6-22(19,20)8-10/h2-7,10H,8H2,1H3/t10-/m0/s1. The maximum absolute atomic E-state index is 12.8. The van der Waals surface area contributed by atoms with E-state index in [1.807, 2.05) is 0 Å². The quantitative estimate of drug-likeness (QED) is 0.846. The summed E-state index contributed by atoms with van der Waals surface area (Å²) in [5.74, 6) is -2.47. The van der Waals surface area contributed by atoms with Crippen molar-refractivity contribution < 1.29 is 31.1 Å². The van der Waals surface area contributed by atoms with Crippen molar-refractivity contribution in [3.63, 3.8) is 0 Å². The summed E-state index contributed by atoms with van der Waals surface area (Å²) in [5.41, 5.74) is -0.0894. The van der Waals surface area contributed by atoms with Crippen molar-refractivity contribution in [1.82, 2.24) is 0 Å². The number of benzene rings is 1. The molecule has 1 atom stereocenters. The molecule has 1 aliphatic heterocycles. The fraction of sp³-hybridized carbons (Fsp3) is 0.308. The molecule has 22 heavy (non-hydrogen) atoms. The van der Waals surface area contributed by atoms with E-state index in [9.17, 15) is 26.4 Å². The lowest BCUT2D eigenvalue weighted by molar-refractivity contribution is -0.170. The number of amides is 1. The molecule has 0 bridgehead atoms. The summed E-state index contributed by atoms with van der Waals surface area (Å²) in [7, 11) is -2.29. The Hall–Kier alpha value is -2.03. The zero-order chi connectivity index (χ0) is 16.5. The molecule has 0 saturated heterocycles. The van der Waals surface area contributed by atoms with Crippen molar-refractivity contribution in [1.29, 1.82) is 0 Å². The molecule has 0 aliphatic carbocycles. The summed E-state index contributed by atoms with van der Waals surface area (Å²) in [6.07, 6.45) is -4.05. The van der Waals surface area contributed by atoms with E-state index in [2.05, 4.69) is 0 Å². The number of methoxy groups -OCH3 is 1. The number of anilines is 1. The number of nitrogens with zero attached hydrogens (tertiary/aromatic N) is 1. The third kappa shape index (κ3) is 3.41. The number of hydrogen-bond donors (Lipinski definition) is 0. The highest BCUT2D eigenvalue weighted by Gasteiger charge is 2.46. The van der Waals surface area contributed by atoms with Gasteiger partial charge in [-0.25, -0.2) is 8.42 Å². The van der Waals surface area contributed by atoms with Crippen LogP contribution in [0.3, 0.4) is 0 Å². The molecule has 120 valence electrons. The maximum Gasteiger partial charge on any atom is 0.471 e. The van der Waals surface area contributed by atoms with E-state index in [1.165, 1.54) is 31.4 Å². The average Bonchev–Trinajstić information content (AvgIpc) is 2.78. The summed E-state index contributed by atoms with van der Waals surface area (Å²) in [5, 5.41) is 0.814. The number of carbonyl (C=O) groups excluding carboxylic acids is 1. The first-order chi connectivity index (χ1) is 10.1. The molecule has 0 N–H and O–H groups in total. The van der Waals surface area contributed by atoms with Crippen molar-refractivity contribution in [3.8, 4) is 5.75 Å². The topological polar surface area (TPSA) is 63.7 Å². The summed E-state index contributed by atoms with van der Waals surface area (Å²) in [6.45, 7) is 0. The van der Waals surface area contributed by atoms with Crippen LogP contribution in [0, 0.1) is 0 Å². The molecule has 1 aliphatic rings. The van der Waals surface area contributed by atoms with Crippen molar-refractivity contribution in [3.05, 3.63) is 35.7 Å². The normalized spacial score (nSPS) is 19.9. The Bertz CT molecular complexity index is 712. The van der Waals surface area contributed by atoms with Crippen LogP contribution in [0.2, 0.25) is 0 Å². The van der Waals surface area contributed by atoms with Gasteiger partial charge in [-0.1, -0.05) is 6.07 Å². The maximum atomic E-state index is 12.8. The molecule has 1 amide bonds. The van der Waals surface area contributed by atoms with E-state index < -0.39 is 33.7 Å². The highest BCUT2D eigenvalue weighted by molar-refractivity contribution is 7.94. The zero-order valence-corrected chi connectivity index (χ0v) is 12.2. The van der Waals surface area contributed by atoms with Gasteiger partial charge in [-0.05, 0) is 18.2 Å². The van der Waals surface area contributed by atoms with Gasteiger partial charge in [-0.2, -0.15) is 13.2 Å². The number of carbonyl (C=O) groups is 1. The van der Waals surface area contributed by atoms with Gasteiger partial charge < -0.3 is 4.74 Å². The van der Waals surface area contributed by atoms with Crippen LogP contribution >= 0.6 is 0 Å². The largest absolute Gasteiger partial charge is 0.497 e. The molecule has 5 nitrogen and oxygen atoms in total. The third-order valence-electron chi connectivity index (χ3n) is 3.04. The fourth-order valence-electron chi connectivity index (χ4n) is 2.08.